The Morgan fingerprint density at radius 2 is 2.18 bits per heavy atom. The lowest BCUT2D eigenvalue weighted by Crippen LogP contribution is -2.19. The monoisotopic (exact) mass is 333 g/mol. The van der Waals surface area contributed by atoms with Crippen LogP contribution in [0.5, 0.6) is 0 Å². The summed E-state index contributed by atoms with van der Waals surface area (Å²) in [5.41, 5.74) is 0.134. The number of hydrogen-bond donors (Lipinski definition) is 4. The first-order chi connectivity index (χ1) is 10.2. The average molecular weight is 333 g/mol. The van der Waals surface area contributed by atoms with E-state index in [9.17, 15) is 14.2 Å². The van der Waals surface area contributed by atoms with Gasteiger partial charge in [-0.05, 0) is 6.92 Å². The molecule has 13 heteroatoms. The summed E-state index contributed by atoms with van der Waals surface area (Å²) in [5.74, 6) is -0.0126. The van der Waals surface area contributed by atoms with E-state index >= 15 is 0 Å². The maximum absolute atomic E-state index is 11.6. The van der Waals surface area contributed by atoms with Crippen LogP contribution in [0.2, 0.25) is 0 Å². The Hall–Kier alpha value is -2.27. The Labute approximate surface area is 122 Å². The van der Waals surface area contributed by atoms with Gasteiger partial charge >= 0.3 is 13.9 Å². The van der Waals surface area contributed by atoms with Gasteiger partial charge in [0.05, 0.1) is 5.39 Å². The van der Waals surface area contributed by atoms with Gasteiger partial charge in [-0.25, -0.2) is 19.0 Å². The molecule has 0 aliphatic carbocycles. The first-order valence-electron chi connectivity index (χ1n) is 5.75. The fourth-order valence-corrected chi connectivity index (χ4v) is 1.83. The number of aryl methyl sites for hydroxylation is 2. The molecule has 1 amide bonds. The predicted octanol–water partition coefficient (Wildman–Crippen LogP) is -0.420. The number of aromatic amines is 1. The zero-order valence-electron chi connectivity index (χ0n) is 11.4. The number of aromatic nitrogens is 4. The topological polar surface area (TPSA) is 169 Å². The molecule has 0 spiro atoms. The maximum Gasteiger partial charge on any atom is 0.472 e. The lowest BCUT2D eigenvalue weighted by atomic mass is 10.2. The third kappa shape index (κ3) is 3.49. The highest BCUT2D eigenvalue weighted by Gasteiger charge is 2.18. The van der Waals surface area contributed by atoms with Crippen LogP contribution in [-0.4, -0.2) is 42.7 Å². The highest BCUT2D eigenvalue weighted by atomic mass is 31.2. The fourth-order valence-electron chi connectivity index (χ4n) is 1.64. The second-order valence-corrected chi connectivity index (χ2v) is 5.37. The number of H-pyrrole nitrogens is 1. The van der Waals surface area contributed by atoms with Crippen LogP contribution in [-0.2, 0) is 20.9 Å². The molecule has 0 bridgehead atoms. The number of amides is 1. The molecule has 0 aliphatic heterocycles. The molecule has 2 heterocycles. The molecule has 2 aromatic heterocycles. The van der Waals surface area contributed by atoms with Crippen LogP contribution in [0.3, 0.4) is 0 Å². The second kappa shape index (κ2) is 5.85. The van der Waals surface area contributed by atoms with E-state index < -0.39 is 26.3 Å². The van der Waals surface area contributed by atoms with Crippen molar-refractivity contribution in [1.29, 1.82) is 0 Å². The van der Waals surface area contributed by atoms with Gasteiger partial charge in [0.1, 0.15) is 0 Å². The van der Waals surface area contributed by atoms with Crippen LogP contribution in [0, 0.1) is 6.92 Å². The summed E-state index contributed by atoms with van der Waals surface area (Å²) in [6, 6.07) is 0. The minimum atomic E-state index is -4.74. The second-order valence-electron chi connectivity index (χ2n) is 4.13. The molecular weight excluding hydrogens is 321 g/mol. The zero-order chi connectivity index (χ0) is 16.5. The molecular formula is C9H12N5O7P. The van der Waals surface area contributed by atoms with Crippen molar-refractivity contribution in [3.05, 3.63) is 16.0 Å². The Balaban J connectivity index is 2.18. The number of fused-ring (bicyclic) bond motifs is 1. The van der Waals surface area contributed by atoms with Gasteiger partial charge in [-0.1, -0.05) is 0 Å². The van der Waals surface area contributed by atoms with Crippen molar-refractivity contribution in [2.24, 2.45) is 7.05 Å². The van der Waals surface area contributed by atoms with Gasteiger partial charge in [-0.2, -0.15) is 10.2 Å². The molecule has 2 aromatic rings. The van der Waals surface area contributed by atoms with Gasteiger partial charge < -0.3 is 14.5 Å². The molecule has 0 radical (unpaired) electrons. The summed E-state index contributed by atoms with van der Waals surface area (Å²) in [7, 11) is -3.12. The number of ether oxygens (including phenoxy) is 1. The Morgan fingerprint density at radius 3 is 2.82 bits per heavy atom. The van der Waals surface area contributed by atoms with Crippen LogP contribution in [0.15, 0.2) is 4.79 Å². The Bertz CT molecular complexity index is 822. The van der Waals surface area contributed by atoms with E-state index in [-0.39, 0.29) is 11.3 Å². The van der Waals surface area contributed by atoms with E-state index in [1.807, 2.05) is 0 Å². The quantitative estimate of drug-likeness (QED) is 0.429. The Morgan fingerprint density at radius 1 is 1.50 bits per heavy atom. The van der Waals surface area contributed by atoms with Gasteiger partial charge in [-0.3, -0.25) is 14.8 Å². The minimum absolute atomic E-state index is 0.0126. The van der Waals surface area contributed by atoms with E-state index in [1.54, 1.807) is 14.0 Å². The minimum Gasteiger partial charge on any atom is -0.421 e. The number of nitrogens with one attached hydrogen (secondary N) is 2. The summed E-state index contributed by atoms with van der Waals surface area (Å²) in [6.07, 6.45) is -1.07. The lowest BCUT2D eigenvalue weighted by molar-refractivity contribution is 0.0470. The summed E-state index contributed by atoms with van der Waals surface area (Å²) in [6.45, 7) is 0.721. The number of rotatable bonds is 4. The van der Waals surface area contributed by atoms with E-state index in [1.165, 1.54) is 4.68 Å². The van der Waals surface area contributed by atoms with E-state index in [2.05, 4.69) is 29.9 Å². The molecule has 0 saturated heterocycles. The van der Waals surface area contributed by atoms with Crippen LogP contribution in [0.25, 0.3) is 10.9 Å². The van der Waals surface area contributed by atoms with Crippen LogP contribution >= 0.6 is 7.82 Å². The molecule has 0 aliphatic rings. The highest BCUT2D eigenvalue weighted by Crippen LogP contribution is 2.35. The number of phosphoric acid groups is 1. The van der Waals surface area contributed by atoms with E-state index in [4.69, 9.17) is 9.79 Å². The number of carbonyl (C=O) groups is 1. The summed E-state index contributed by atoms with van der Waals surface area (Å²) in [5, 5.41) is 12.4. The normalized spacial score (nSPS) is 11.6. The number of phosphoric ester groups is 1. The third-order valence-corrected chi connectivity index (χ3v) is 3.13. The highest BCUT2D eigenvalue weighted by molar-refractivity contribution is 7.46. The fraction of sp³-hybridized carbons (Fsp3) is 0.333. The molecule has 0 atom stereocenters. The van der Waals surface area contributed by atoms with E-state index in [0.717, 1.165) is 0 Å². The van der Waals surface area contributed by atoms with Crippen molar-refractivity contribution in [3.8, 4) is 0 Å². The van der Waals surface area contributed by atoms with Gasteiger partial charge in [0.2, 0.25) is 6.79 Å². The van der Waals surface area contributed by atoms with Gasteiger partial charge in [0.25, 0.3) is 5.56 Å². The van der Waals surface area contributed by atoms with Crippen LogP contribution in [0.1, 0.15) is 5.69 Å². The predicted molar refractivity (Wildman–Crippen MR) is 72.0 cm³/mol. The zero-order valence-corrected chi connectivity index (χ0v) is 12.3. The summed E-state index contributed by atoms with van der Waals surface area (Å²) < 4.78 is 20.3. The molecule has 0 unspecified atom stereocenters. The average Bonchev–Trinajstić information content (AvgIpc) is 2.69. The maximum atomic E-state index is 11.6. The van der Waals surface area contributed by atoms with Crippen molar-refractivity contribution in [2.75, 3.05) is 12.1 Å². The lowest BCUT2D eigenvalue weighted by Gasteiger charge is -2.08. The summed E-state index contributed by atoms with van der Waals surface area (Å²) >= 11 is 0. The van der Waals surface area contributed by atoms with Crippen molar-refractivity contribution < 1.29 is 28.4 Å². The molecule has 4 N–H and O–H groups in total. The number of anilines is 1. The van der Waals surface area contributed by atoms with Crippen LogP contribution in [0.4, 0.5) is 10.6 Å². The van der Waals surface area contributed by atoms with Crippen molar-refractivity contribution in [2.45, 2.75) is 6.92 Å². The van der Waals surface area contributed by atoms with Crippen molar-refractivity contribution >= 4 is 30.6 Å². The molecule has 0 aromatic carbocycles. The SMILES string of the molecule is Cc1c2c(NC(=O)OCOP(=O)(O)O)n[nH]c(=O)c2nn1C. The first-order valence-corrected chi connectivity index (χ1v) is 7.28. The molecule has 2 rings (SSSR count). The summed E-state index contributed by atoms with van der Waals surface area (Å²) in [4.78, 5) is 40.0. The largest absolute Gasteiger partial charge is 0.472 e. The van der Waals surface area contributed by atoms with Gasteiger partial charge in [0, 0.05) is 12.7 Å². The number of nitrogens with zero attached hydrogens (tertiary/aromatic N) is 3. The van der Waals surface area contributed by atoms with Gasteiger partial charge in [0.15, 0.2) is 11.3 Å². The van der Waals surface area contributed by atoms with Gasteiger partial charge in [-0.15, -0.1) is 0 Å². The van der Waals surface area contributed by atoms with Crippen molar-refractivity contribution in [3.63, 3.8) is 0 Å². The molecule has 22 heavy (non-hydrogen) atoms. The molecule has 12 nitrogen and oxygen atoms in total. The van der Waals surface area contributed by atoms with Crippen molar-refractivity contribution in [1.82, 2.24) is 20.0 Å². The smallest absolute Gasteiger partial charge is 0.421 e. The third-order valence-electron chi connectivity index (χ3n) is 2.69. The van der Waals surface area contributed by atoms with Crippen LogP contribution < -0.4 is 10.9 Å². The standard InChI is InChI=1S/C9H12N5O7P/c1-4-5-6(13-14(4)2)8(15)12-11-7(5)10-9(16)20-3-21-22(17,18)19/h3H2,1-2H3,(H,12,15)(H,10,11,16)(H2,17,18,19). The Kier molecular flexibility index (Phi) is 4.28. The van der Waals surface area contributed by atoms with E-state index in [0.29, 0.717) is 11.1 Å². The first kappa shape index (κ1) is 16.1. The number of hydrogen-bond acceptors (Lipinski definition) is 7. The molecule has 0 fully saturated rings. The molecule has 0 saturated carbocycles. The number of carbonyl (C=O) groups excluding carboxylic acids is 1. The molecule has 120 valence electrons.